The summed E-state index contributed by atoms with van der Waals surface area (Å²) in [6.45, 7) is 4.58. The normalized spacial score (nSPS) is 25.6. The van der Waals surface area contributed by atoms with Gasteiger partial charge in [0.05, 0.1) is 18.4 Å². The number of carboxylic acids is 1. The predicted molar refractivity (Wildman–Crippen MR) is 78.5 cm³/mol. The number of aryl methyl sites for hydroxylation is 1. The van der Waals surface area contributed by atoms with Crippen molar-refractivity contribution in [2.45, 2.75) is 39.7 Å². The molecule has 2 rings (SSSR count). The van der Waals surface area contributed by atoms with Gasteiger partial charge in [-0.2, -0.15) is 0 Å². The van der Waals surface area contributed by atoms with E-state index in [1.807, 2.05) is 19.1 Å². The number of hydrogen-bond acceptors (Lipinski definition) is 3. The van der Waals surface area contributed by atoms with Crippen molar-refractivity contribution in [1.82, 2.24) is 5.32 Å². The van der Waals surface area contributed by atoms with E-state index in [2.05, 4.69) is 12.2 Å². The van der Waals surface area contributed by atoms with Crippen LogP contribution in [0.1, 0.15) is 35.9 Å². The zero-order valence-corrected chi connectivity index (χ0v) is 12.7. The van der Waals surface area contributed by atoms with Gasteiger partial charge in [0.2, 0.25) is 5.91 Å². The molecular formula is C15H21NO3S. The lowest BCUT2D eigenvalue weighted by Gasteiger charge is -2.15. The third-order valence-corrected chi connectivity index (χ3v) is 5.13. The second kappa shape index (κ2) is 6.39. The van der Waals surface area contributed by atoms with Crippen LogP contribution < -0.4 is 5.32 Å². The van der Waals surface area contributed by atoms with E-state index in [1.54, 1.807) is 11.3 Å². The highest BCUT2D eigenvalue weighted by molar-refractivity contribution is 7.11. The van der Waals surface area contributed by atoms with Crippen LogP contribution in [0, 0.1) is 24.7 Å². The molecule has 1 amide bonds. The lowest BCUT2D eigenvalue weighted by Crippen LogP contribution is -2.34. The van der Waals surface area contributed by atoms with E-state index in [-0.39, 0.29) is 11.8 Å². The molecule has 3 unspecified atom stereocenters. The van der Waals surface area contributed by atoms with Crippen LogP contribution in [0.5, 0.6) is 0 Å². The second-order valence-electron chi connectivity index (χ2n) is 5.53. The number of carboxylic acid groups (broad SMARTS) is 1. The maximum absolute atomic E-state index is 12.2. The molecule has 1 fully saturated rings. The van der Waals surface area contributed by atoms with E-state index in [1.165, 1.54) is 4.88 Å². The van der Waals surface area contributed by atoms with Gasteiger partial charge in [-0.3, -0.25) is 9.59 Å². The first-order chi connectivity index (χ1) is 9.51. The molecule has 1 aromatic rings. The van der Waals surface area contributed by atoms with Gasteiger partial charge in [-0.25, -0.2) is 0 Å². The number of carbonyl (C=O) groups excluding carboxylic acids is 1. The Kier molecular flexibility index (Phi) is 4.81. The first-order valence-electron chi connectivity index (χ1n) is 7.07. The number of aliphatic carboxylic acids is 1. The fourth-order valence-corrected chi connectivity index (χ4v) is 3.75. The minimum absolute atomic E-state index is 0.112. The van der Waals surface area contributed by atoms with E-state index in [0.29, 0.717) is 25.3 Å². The molecule has 20 heavy (non-hydrogen) atoms. The summed E-state index contributed by atoms with van der Waals surface area (Å²) in [5, 5.41) is 12.1. The van der Waals surface area contributed by atoms with Crippen LogP contribution in [0.4, 0.5) is 0 Å². The highest BCUT2D eigenvalue weighted by Crippen LogP contribution is 2.38. The van der Waals surface area contributed by atoms with Gasteiger partial charge < -0.3 is 10.4 Å². The molecule has 4 nitrogen and oxygen atoms in total. The molecular weight excluding hydrogens is 274 g/mol. The zero-order valence-electron chi connectivity index (χ0n) is 11.9. The van der Waals surface area contributed by atoms with Gasteiger partial charge in [-0.05, 0) is 37.8 Å². The summed E-state index contributed by atoms with van der Waals surface area (Å²) in [7, 11) is 0. The van der Waals surface area contributed by atoms with E-state index in [4.69, 9.17) is 0 Å². The van der Waals surface area contributed by atoms with Crippen LogP contribution in [0.25, 0.3) is 0 Å². The lowest BCUT2D eigenvalue weighted by molar-refractivity contribution is -0.146. The summed E-state index contributed by atoms with van der Waals surface area (Å²) < 4.78 is 0. The van der Waals surface area contributed by atoms with E-state index in [9.17, 15) is 14.7 Å². The molecule has 0 spiro atoms. The van der Waals surface area contributed by atoms with Crippen molar-refractivity contribution in [3.8, 4) is 0 Å². The van der Waals surface area contributed by atoms with Gasteiger partial charge in [0.15, 0.2) is 0 Å². The lowest BCUT2D eigenvalue weighted by atomic mass is 9.95. The molecule has 1 heterocycles. The third kappa shape index (κ3) is 3.39. The van der Waals surface area contributed by atoms with Gasteiger partial charge in [-0.1, -0.05) is 13.3 Å². The predicted octanol–water partition coefficient (Wildman–Crippen LogP) is 2.81. The van der Waals surface area contributed by atoms with Gasteiger partial charge in [0, 0.05) is 9.75 Å². The molecule has 2 N–H and O–H groups in total. The molecule has 1 saturated carbocycles. The average molecular weight is 295 g/mol. The molecule has 5 heteroatoms. The monoisotopic (exact) mass is 295 g/mol. The summed E-state index contributed by atoms with van der Waals surface area (Å²) in [5.41, 5.74) is 0. The van der Waals surface area contributed by atoms with Crippen LogP contribution in [-0.4, -0.2) is 17.0 Å². The number of carbonyl (C=O) groups is 2. The summed E-state index contributed by atoms with van der Waals surface area (Å²) in [6, 6.07) is 4.02. The molecule has 110 valence electrons. The Balaban J connectivity index is 1.95. The maximum atomic E-state index is 12.2. The van der Waals surface area contributed by atoms with Gasteiger partial charge in [-0.15, -0.1) is 11.3 Å². The summed E-state index contributed by atoms with van der Waals surface area (Å²) >= 11 is 1.65. The molecule has 0 aromatic carbocycles. The first-order valence-corrected chi connectivity index (χ1v) is 7.88. The average Bonchev–Trinajstić information content (AvgIpc) is 3.02. The highest BCUT2D eigenvalue weighted by atomic mass is 32.1. The van der Waals surface area contributed by atoms with Gasteiger partial charge in [0.1, 0.15) is 0 Å². The topological polar surface area (TPSA) is 66.4 Å². The van der Waals surface area contributed by atoms with Gasteiger partial charge >= 0.3 is 5.97 Å². The van der Waals surface area contributed by atoms with Crippen molar-refractivity contribution in [2.75, 3.05) is 0 Å². The number of nitrogens with one attached hydrogen (secondary N) is 1. The summed E-state index contributed by atoms with van der Waals surface area (Å²) in [4.78, 5) is 25.8. The molecule has 0 saturated heterocycles. The van der Waals surface area contributed by atoms with Crippen LogP contribution >= 0.6 is 11.3 Å². The summed E-state index contributed by atoms with van der Waals surface area (Å²) in [6.07, 6.45) is 2.27. The van der Waals surface area contributed by atoms with E-state index >= 15 is 0 Å². The molecule has 1 aliphatic carbocycles. The van der Waals surface area contributed by atoms with Gasteiger partial charge in [0.25, 0.3) is 0 Å². The largest absolute Gasteiger partial charge is 0.481 e. The van der Waals surface area contributed by atoms with Crippen molar-refractivity contribution in [2.24, 2.45) is 17.8 Å². The fourth-order valence-electron chi connectivity index (χ4n) is 2.92. The quantitative estimate of drug-likeness (QED) is 0.878. The number of amides is 1. The van der Waals surface area contributed by atoms with Crippen molar-refractivity contribution < 1.29 is 14.7 Å². The Labute approximate surface area is 123 Å². The SMILES string of the molecule is CCC1CC(C(=O)O)C(C(=O)NCc2ccc(C)s2)C1. The van der Waals surface area contributed by atoms with Crippen LogP contribution in [0.3, 0.4) is 0 Å². The van der Waals surface area contributed by atoms with Crippen molar-refractivity contribution in [3.05, 3.63) is 21.9 Å². The Bertz CT molecular complexity index is 497. The third-order valence-electron chi connectivity index (χ3n) is 4.12. The minimum atomic E-state index is -0.840. The van der Waals surface area contributed by atoms with E-state index < -0.39 is 11.9 Å². The standard InChI is InChI=1S/C15H21NO3S/c1-3-10-6-12(13(7-10)15(18)19)14(17)16-8-11-5-4-9(2)20-11/h4-5,10,12-13H,3,6-8H2,1-2H3,(H,16,17)(H,18,19). The zero-order chi connectivity index (χ0) is 14.7. The minimum Gasteiger partial charge on any atom is -0.481 e. The Morgan fingerprint density at radius 3 is 2.60 bits per heavy atom. The molecule has 0 aliphatic heterocycles. The summed E-state index contributed by atoms with van der Waals surface area (Å²) in [5.74, 6) is -1.49. The van der Waals surface area contributed by atoms with Crippen LogP contribution in [-0.2, 0) is 16.1 Å². The number of hydrogen-bond donors (Lipinski definition) is 2. The molecule has 1 aromatic heterocycles. The molecule has 0 bridgehead atoms. The molecule has 0 radical (unpaired) electrons. The molecule has 3 atom stereocenters. The highest BCUT2D eigenvalue weighted by Gasteiger charge is 2.41. The number of rotatable bonds is 5. The second-order valence-corrected chi connectivity index (χ2v) is 6.90. The van der Waals surface area contributed by atoms with Crippen molar-refractivity contribution in [3.63, 3.8) is 0 Å². The smallest absolute Gasteiger partial charge is 0.307 e. The van der Waals surface area contributed by atoms with Crippen molar-refractivity contribution >= 4 is 23.2 Å². The van der Waals surface area contributed by atoms with Crippen LogP contribution in [0.2, 0.25) is 0 Å². The molecule has 1 aliphatic rings. The maximum Gasteiger partial charge on any atom is 0.307 e. The Morgan fingerprint density at radius 1 is 1.35 bits per heavy atom. The van der Waals surface area contributed by atoms with E-state index in [0.717, 1.165) is 11.3 Å². The first kappa shape index (κ1) is 15.0. The Morgan fingerprint density at radius 2 is 2.05 bits per heavy atom. The van der Waals surface area contributed by atoms with Crippen molar-refractivity contribution in [1.29, 1.82) is 0 Å². The van der Waals surface area contributed by atoms with Crippen LogP contribution in [0.15, 0.2) is 12.1 Å². The Hall–Kier alpha value is -1.36. The number of thiophene rings is 1. The fraction of sp³-hybridized carbons (Fsp3) is 0.600.